The Labute approximate surface area is 184 Å². The van der Waals surface area contributed by atoms with E-state index in [0.29, 0.717) is 42.2 Å². The molecule has 7 nitrogen and oxygen atoms in total. The summed E-state index contributed by atoms with van der Waals surface area (Å²) in [5.74, 6) is 2.45. The fourth-order valence-electron chi connectivity index (χ4n) is 3.05. The SMILES string of the molecule is CCOc1ccc(/C=C/C(=O)Nc2nc(-c3ccc4c(c3)OCCO4)cs2)cc1OC. The van der Waals surface area contributed by atoms with Crippen LogP contribution in [0.5, 0.6) is 23.0 Å². The molecule has 1 aliphatic heterocycles. The topological polar surface area (TPSA) is 78.9 Å². The summed E-state index contributed by atoms with van der Waals surface area (Å²) in [6, 6.07) is 11.2. The maximum Gasteiger partial charge on any atom is 0.250 e. The number of anilines is 1. The highest BCUT2D eigenvalue weighted by Gasteiger charge is 2.14. The molecule has 1 amide bonds. The Balaban J connectivity index is 1.41. The van der Waals surface area contributed by atoms with Gasteiger partial charge in [0.2, 0.25) is 5.91 Å². The van der Waals surface area contributed by atoms with Crippen molar-refractivity contribution >= 4 is 28.5 Å². The van der Waals surface area contributed by atoms with Crippen molar-refractivity contribution in [2.45, 2.75) is 6.92 Å². The third-order valence-corrected chi connectivity index (χ3v) is 5.24. The van der Waals surface area contributed by atoms with Gasteiger partial charge in [-0.25, -0.2) is 4.98 Å². The van der Waals surface area contributed by atoms with Gasteiger partial charge in [0.05, 0.1) is 19.4 Å². The van der Waals surface area contributed by atoms with E-state index >= 15 is 0 Å². The van der Waals surface area contributed by atoms with Gasteiger partial charge in [0, 0.05) is 17.0 Å². The lowest BCUT2D eigenvalue weighted by molar-refractivity contribution is -0.111. The highest BCUT2D eigenvalue weighted by molar-refractivity contribution is 7.14. The van der Waals surface area contributed by atoms with Crippen LogP contribution in [0.25, 0.3) is 17.3 Å². The second-order valence-electron chi connectivity index (χ2n) is 6.56. The summed E-state index contributed by atoms with van der Waals surface area (Å²) < 4.78 is 22.0. The number of methoxy groups -OCH3 is 1. The Morgan fingerprint density at radius 2 is 2.00 bits per heavy atom. The second-order valence-corrected chi connectivity index (χ2v) is 7.42. The molecule has 0 bridgehead atoms. The molecule has 4 rings (SSSR count). The van der Waals surface area contributed by atoms with Crippen molar-refractivity contribution in [2.75, 3.05) is 32.2 Å². The molecule has 1 aliphatic rings. The molecule has 2 aromatic carbocycles. The van der Waals surface area contributed by atoms with Gasteiger partial charge in [-0.05, 0) is 48.9 Å². The summed E-state index contributed by atoms with van der Waals surface area (Å²) in [5, 5.41) is 5.20. The summed E-state index contributed by atoms with van der Waals surface area (Å²) in [7, 11) is 1.58. The number of carbonyl (C=O) groups is 1. The number of ether oxygens (including phenoxy) is 4. The number of hydrogen-bond acceptors (Lipinski definition) is 7. The number of nitrogens with zero attached hydrogens (tertiary/aromatic N) is 1. The van der Waals surface area contributed by atoms with Gasteiger partial charge in [0.15, 0.2) is 28.1 Å². The molecule has 0 spiro atoms. The van der Waals surface area contributed by atoms with Gasteiger partial charge in [-0.1, -0.05) is 6.07 Å². The fourth-order valence-corrected chi connectivity index (χ4v) is 3.77. The van der Waals surface area contributed by atoms with Crippen LogP contribution in [0.4, 0.5) is 5.13 Å². The molecule has 31 heavy (non-hydrogen) atoms. The standard InChI is InChI=1S/C23H22N2O5S/c1-3-28-18-7-4-15(12-20(18)27-2)5-9-22(26)25-23-24-17(14-31-23)16-6-8-19-21(13-16)30-11-10-29-19/h4-9,12-14H,3,10-11H2,1-2H3,(H,24,25,26)/b9-5+. The van der Waals surface area contributed by atoms with Crippen molar-refractivity contribution in [3.05, 3.63) is 53.4 Å². The van der Waals surface area contributed by atoms with E-state index < -0.39 is 0 Å². The molecule has 160 valence electrons. The highest BCUT2D eigenvalue weighted by Crippen LogP contribution is 2.35. The molecule has 8 heteroatoms. The predicted molar refractivity (Wildman–Crippen MR) is 120 cm³/mol. The number of thiazole rings is 1. The van der Waals surface area contributed by atoms with Crippen LogP contribution in [-0.4, -0.2) is 37.8 Å². The summed E-state index contributed by atoms with van der Waals surface area (Å²) in [5.41, 5.74) is 2.49. The lowest BCUT2D eigenvalue weighted by Crippen LogP contribution is -2.15. The van der Waals surface area contributed by atoms with Gasteiger partial charge in [-0.2, -0.15) is 0 Å². The van der Waals surface area contributed by atoms with Crippen molar-refractivity contribution in [3.8, 4) is 34.3 Å². The summed E-state index contributed by atoms with van der Waals surface area (Å²) >= 11 is 1.36. The molecule has 0 atom stereocenters. The molecule has 0 fully saturated rings. The van der Waals surface area contributed by atoms with E-state index in [1.54, 1.807) is 13.2 Å². The van der Waals surface area contributed by atoms with Crippen LogP contribution in [0.3, 0.4) is 0 Å². The Kier molecular flexibility index (Phi) is 6.37. The number of fused-ring (bicyclic) bond motifs is 1. The summed E-state index contributed by atoms with van der Waals surface area (Å²) in [6.45, 7) is 3.54. The number of benzene rings is 2. The first-order valence-corrected chi connectivity index (χ1v) is 10.7. The molecule has 1 aromatic heterocycles. The predicted octanol–water partition coefficient (Wildman–Crippen LogP) is 4.64. The highest BCUT2D eigenvalue weighted by atomic mass is 32.1. The van der Waals surface area contributed by atoms with Crippen LogP contribution < -0.4 is 24.3 Å². The van der Waals surface area contributed by atoms with E-state index in [1.165, 1.54) is 17.4 Å². The lowest BCUT2D eigenvalue weighted by atomic mass is 10.1. The zero-order valence-electron chi connectivity index (χ0n) is 17.2. The monoisotopic (exact) mass is 438 g/mol. The number of aromatic nitrogens is 1. The smallest absolute Gasteiger partial charge is 0.250 e. The van der Waals surface area contributed by atoms with E-state index in [1.807, 2.05) is 48.7 Å². The van der Waals surface area contributed by atoms with Gasteiger partial charge in [-0.15, -0.1) is 11.3 Å². The normalized spacial score (nSPS) is 12.6. The van der Waals surface area contributed by atoms with Crippen molar-refractivity contribution in [1.29, 1.82) is 0 Å². The molecule has 1 N–H and O–H groups in total. The molecule has 0 radical (unpaired) electrons. The minimum Gasteiger partial charge on any atom is -0.493 e. The van der Waals surface area contributed by atoms with Crippen LogP contribution in [0.2, 0.25) is 0 Å². The van der Waals surface area contributed by atoms with Crippen molar-refractivity contribution in [3.63, 3.8) is 0 Å². The molecular weight excluding hydrogens is 416 g/mol. The average Bonchev–Trinajstić information content (AvgIpc) is 3.26. The zero-order chi connectivity index (χ0) is 21.6. The van der Waals surface area contributed by atoms with Crippen LogP contribution >= 0.6 is 11.3 Å². The number of hydrogen-bond donors (Lipinski definition) is 1. The number of carbonyl (C=O) groups excluding carboxylic acids is 1. The second kappa shape index (κ2) is 9.53. The third kappa shape index (κ3) is 4.97. The fraction of sp³-hybridized carbons (Fsp3) is 0.217. The van der Waals surface area contributed by atoms with E-state index in [0.717, 1.165) is 22.6 Å². The van der Waals surface area contributed by atoms with Gasteiger partial charge in [0.1, 0.15) is 13.2 Å². The summed E-state index contributed by atoms with van der Waals surface area (Å²) in [6.07, 6.45) is 3.17. The molecule has 0 unspecified atom stereocenters. The molecule has 0 aliphatic carbocycles. The van der Waals surface area contributed by atoms with Crippen molar-refractivity contribution in [1.82, 2.24) is 4.98 Å². The Morgan fingerprint density at radius 3 is 2.81 bits per heavy atom. The Bertz CT molecular complexity index is 1110. The van der Waals surface area contributed by atoms with E-state index in [9.17, 15) is 4.79 Å². The van der Waals surface area contributed by atoms with Gasteiger partial charge >= 0.3 is 0 Å². The molecule has 0 saturated carbocycles. The van der Waals surface area contributed by atoms with E-state index in [2.05, 4.69) is 10.3 Å². The van der Waals surface area contributed by atoms with Crippen LogP contribution in [0.1, 0.15) is 12.5 Å². The molecule has 3 aromatic rings. The van der Waals surface area contributed by atoms with E-state index in [4.69, 9.17) is 18.9 Å². The first-order chi connectivity index (χ1) is 15.2. The minimum atomic E-state index is -0.268. The van der Waals surface area contributed by atoms with Crippen molar-refractivity contribution in [2.24, 2.45) is 0 Å². The molecule has 2 heterocycles. The van der Waals surface area contributed by atoms with Crippen LogP contribution in [0, 0.1) is 0 Å². The lowest BCUT2D eigenvalue weighted by Gasteiger charge is -2.18. The first-order valence-electron chi connectivity index (χ1n) is 9.81. The minimum absolute atomic E-state index is 0.268. The van der Waals surface area contributed by atoms with E-state index in [-0.39, 0.29) is 5.91 Å². The Morgan fingerprint density at radius 1 is 1.16 bits per heavy atom. The van der Waals surface area contributed by atoms with Crippen molar-refractivity contribution < 1.29 is 23.7 Å². The quantitative estimate of drug-likeness (QED) is 0.542. The molecule has 0 saturated heterocycles. The number of amides is 1. The maximum absolute atomic E-state index is 12.3. The first kappa shape index (κ1) is 20.7. The van der Waals surface area contributed by atoms with Crippen LogP contribution in [-0.2, 0) is 4.79 Å². The molecular formula is C23H22N2O5S. The average molecular weight is 439 g/mol. The van der Waals surface area contributed by atoms with Gasteiger partial charge in [0.25, 0.3) is 0 Å². The van der Waals surface area contributed by atoms with Crippen LogP contribution in [0.15, 0.2) is 47.9 Å². The Hall–Kier alpha value is -3.52. The largest absolute Gasteiger partial charge is 0.493 e. The number of rotatable bonds is 7. The summed E-state index contributed by atoms with van der Waals surface area (Å²) in [4.78, 5) is 16.8. The van der Waals surface area contributed by atoms with Gasteiger partial charge in [-0.3, -0.25) is 10.1 Å². The number of nitrogens with one attached hydrogen (secondary N) is 1. The zero-order valence-corrected chi connectivity index (χ0v) is 18.0. The maximum atomic E-state index is 12.3. The van der Waals surface area contributed by atoms with Gasteiger partial charge < -0.3 is 18.9 Å². The third-order valence-electron chi connectivity index (χ3n) is 4.49.